The van der Waals surface area contributed by atoms with Gasteiger partial charge in [-0.25, -0.2) is 13.2 Å². The van der Waals surface area contributed by atoms with Crippen molar-refractivity contribution in [1.29, 1.82) is 0 Å². The summed E-state index contributed by atoms with van der Waals surface area (Å²) in [6, 6.07) is 5.13. The lowest BCUT2D eigenvalue weighted by atomic mass is 10.1. The van der Waals surface area contributed by atoms with Crippen molar-refractivity contribution in [3.05, 3.63) is 29.3 Å². The molecule has 2 rings (SSSR count). The van der Waals surface area contributed by atoms with Crippen LogP contribution in [0.5, 0.6) is 0 Å². The zero-order chi connectivity index (χ0) is 17.4. The number of amides is 1. The first-order chi connectivity index (χ1) is 10.5. The highest BCUT2D eigenvalue weighted by Crippen LogP contribution is 2.28. The number of hydrogen-bond donors (Lipinski definition) is 0. The van der Waals surface area contributed by atoms with E-state index in [4.69, 9.17) is 4.74 Å². The van der Waals surface area contributed by atoms with Gasteiger partial charge in [0.15, 0.2) is 9.84 Å². The topological polar surface area (TPSA) is 63.7 Å². The minimum atomic E-state index is -3.31. The Kier molecular flexibility index (Phi) is 4.76. The van der Waals surface area contributed by atoms with Crippen molar-refractivity contribution < 1.29 is 17.9 Å². The second kappa shape index (κ2) is 6.15. The van der Waals surface area contributed by atoms with Crippen LogP contribution in [0.25, 0.3) is 0 Å². The van der Waals surface area contributed by atoms with Gasteiger partial charge < -0.3 is 4.74 Å². The normalized spacial score (nSPS) is 16.1. The van der Waals surface area contributed by atoms with Gasteiger partial charge in [0.2, 0.25) is 0 Å². The van der Waals surface area contributed by atoms with Crippen LogP contribution in [0.4, 0.5) is 4.79 Å². The number of nitrogens with zero attached hydrogens (tertiary/aromatic N) is 1. The summed E-state index contributed by atoms with van der Waals surface area (Å²) in [5.74, 6) is 0. The van der Waals surface area contributed by atoms with Gasteiger partial charge in [-0.05, 0) is 57.4 Å². The van der Waals surface area contributed by atoms with E-state index in [1.54, 1.807) is 30.0 Å². The third-order valence-electron chi connectivity index (χ3n) is 3.99. The Morgan fingerprint density at radius 2 is 1.87 bits per heavy atom. The van der Waals surface area contributed by atoms with Crippen LogP contribution in [-0.4, -0.2) is 30.3 Å². The van der Waals surface area contributed by atoms with E-state index in [2.05, 4.69) is 0 Å². The van der Waals surface area contributed by atoms with Gasteiger partial charge in [-0.15, -0.1) is 0 Å². The molecular formula is C17H25NO4S. The molecule has 1 aliphatic rings. The fourth-order valence-electron chi connectivity index (χ4n) is 2.46. The molecule has 1 aliphatic heterocycles. The van der Waals surface area contributed by atoms with Crippen LogP contribution >= 0.6 is 0 Å². The molecule has 1 unspecified atom stereocenters. The molecule has 1 heterocycles. The first-order valence-electron chi connectivity index (χ1n) is 7.88. The highest BCUT2D eigenvalue weighted by atomic mass is 32.2. The quantitative estimate of drug-likeness (QED) is 0.845. The van der Waals surface area contributed by atoms with Gasteiger partial charge in [0.05, 0.1) is 10.1 Å². The summed E-state index contributed by atoms with van der Waals surface area (Å²) in [7, 11) is -3.31. The zero-order valence-electron chi connectivity index (χ0n) is 14.4. The molecule has 0 radical (unpaired) electrons. The minimum Gasteiger partial charge on any atom is -0.444 e. The van der Waals surface area contributed by atoms with E-state index in [0.717, 1.165) is 11.1 Å². The summed E-state index contributed by atoms with van der Waals surface area (Å²) in [4.78, 5) is 14.1. The van der Waals surface area contributed by atoms with Gasteiger partial charge in [0, 0.05) is 13.1 Å². The summed E-state index contributed by atoms with van der Waals surface area (Å²) < 4.78 is 30.3. The first kappa shape index (κ1) is 17.8. The smallest absolute Gasteiger partial charge is 0.410 e. The number of hydrogen-bond acceptors (Lipinski definition) is 4. The number of sulfone groups is 1. The summed E-state index contributed by atoms with van der Waals surface area (Å²) in [6.45, 7) is 9.89. The van der Waals surface area contributed by atoms with Gasteiger partial charge in [-0.2, -0.15) is 0 Å². The van der Waals surface area contributed by atoms with Crippen LogP contribution < -0.4 is 0 Å². The van der Waals surface area contributed by atoms with E-state index in [-0.39, 0.29) is 6.09 Å². The van der Waals surface area contributed by atoms with Gasteiger partial charge in [0.1, 0.15) is 5.60 Å². The molecule has 0 saturated heterocycles. The molecular weight excluding hydrogens is 314 g/mol. The number of ether oxygens (including phenoxy) is 1. The summed E-state index contributed by atoms with van der Waals surface area (Å²) in [5, 5.41) is -0.413. The SMILES string of the molecule is CCC(C)S(=O)(=O)c1ccc2c(c1)CN(C(=O)OC(C)(C)C)C2. The molecule has 0 aliphatic carbocycles. The number of benzene rings is 1. The summed E-state index contributed by atoms with van der Waals surface area (Å²) in [5.41, 5.74) is 1.30. The third-order valence-corrected chi connectivity index (χ3v) is 6.29. The van der Waals surface area contributed by atoms with Crippen molar-refractivity contribution in [2.45, 2.75) is 69.9 Å². The predicted octanol–water partition coefficient (Wildman–Crippen LogP) is 3.51. The second-order valence-electron chi connectivity index (χ2n) is 7.03. The molecule has 1 atom stereocenters. The van der Waals surface area contributed by atoms with E-state index < -0.39 is 20.7 Å². The van der Waals surface area contributed by atoms with Gasteiger partial charge in [0.25, 0.3) is 0 Å². The van der Waals surface area contributed by atoms with Crippen LogP contribution in [0.15, 0.2) is 23.1 Å². The maximum absolute atomic E-state index is 12.5. The molecule has 5 nitrogen and oxygen atoms in total. The van der Waals surface area contributed by atoms with Crippen LogP contribution in [0.1, 0.15) is 52.2 Å². The van der Waals surface area contributed by atoms with Crippen molar-refractivity contribution in [2.75, 3.05) is 0 Å². The zero-order valence-corrected chi connectivity index (χ0v) is 15.2. The van der Waals surface area contributed by atoms with E-state index in [1.165, 1.54) is 0 Å². The summed E-state index contributed by atoms with van der Waals surface area (Å²) in [6.07, 6.45) is 0.198. The minimum absolute atomic E-state index is 0.330. The molecule has 0 fully saturated rings. The standard InChI is InChI=1S/C17H25NO4S/c1-6-12(2)23(20,21)15-8-7-13-10-18(11-14(13)9-15)16(19)22-17(3,4)5/h7-9,12H,6,10-11H2,1-5H3. The lowest BCUT2D eigenvalue weighted by Crippen LogP contribution is -2.33. The first-order valence-corrected chi connectivity index (χ1v) is 9.43. The maximum Gasteiger partial charge on any atom is 0.410 e. The molecule has 0 aromatic heterocycles. The third kappa shape index (κ3) is 3.86. The second-order valence-corrected chi connectivity index (χ2v) is 9.40. The monoisotopic (exact) mass is 339 g/mol. The average molecular weight is 339 g/mol. The summed E-state index contributed by atoms with van der Waals surface area (Å²) >= 11 is 0. The maximum atomic E-state index is 12.5. The van der Waals surface area contributed by atoms with Crippen LogP contribution in [0.2, 0.25) is 0 Å². The predicted molar refractivity (Wildman–Crippen MR) is 88.9 cm³/mol. The molecule has 1 aromatic carbocycles. The van der Waals surface area contributed by atoms with Crippen LogP contribution in [-0.2, 0) is 27.7 Å². The van der Waals surface area contributed by atoms with Gasteiger partial charge >= 0.3 is 6.09 Å². The Morgan fingerprint density at radius 1 is 1.26 bits per heavy atom. The van der Waals surface area contributed by atoms with E-state index in [9.17, 15) is 13.2 Å². The molecule has 128 valence electrons. The number of carbonyl (C=O) groups excluding carboxylic acids is 1. The van der Waals surface area contributed by atoms with Gasteiger partial charge in [-0.1, -0.05) is 13.0 Å². The molecule has 0 saturated carbocycles. The largest absolute Gasteiger partial charge is 0.444 e. The van der Waals surface area contributed by atoms with Crippen molar-refractivity contribution in [3.8, 4) is 0 Å². The highest BCUT2D eigenvalue weighted by Gasteiger charge is 2.29. The van der Waals surface area contributed by atoms with Crippen molar-refractivity contribution in [2.24, 2.45) is 0 Å². The highest BCUT2D eigenvalue weighted by molar-refractivity contribution is 7.92. The molecule has 0 spiro atoms. The Morgan fingerprint density at radius 3 is 2.43 bits per heavy atom. The van der Waals surface area contributed by atoms with Crippen LogP contribution in [0.3, 0.4) is 0 Å². The van der Waals surface area contributed by atoms with Crippen LogP contribution in [0, 0.1) is 0 Å². The van der Waals surface area contributed by atoms with E-state index in [0.29, 0.717) is 24.4 Å². The number of carbonyl (C=O) groups is 1. The Balaban J connectivity index is 2.21. The molecule has 1 aromatic rings. The number of fused-ring (bicyclic) bond motifs is 1. The Labute approximate surface area is 138 Å². The fourth-order valence-corrected chi connectivity index (χ4v) is 3.92. The fraction of sp³-hybridized carbons (Fsp3) is 0.588. The van der Waals surface area contributed by atoms with Crippen molar-refractivity contribution in [1.82, 2.24) is 4.90 Å². The van der Waals surface area contributed by atoms with E-state index >= 15 is 0 Å². The van der Waals surface area contributed by atoms with Crippen molar-refractivity contribution >= 4 is 15.9 Å². The average Bonchev–Trinajstić information content (AvgIpc) is 2.87. The molecule has 6 heteroatoms. The molecule has 1 amide bonds. The lowest BCUT2D eigenvalue weighted by Gasteiger charge is -2.24. The molecule has 0 N–H and O–H groups in total. The van der Waals surface area contributed by atoms with Gasteiger partial charge in [-0.3, -0.25) is 4.90 Å². The molecule has 0 bridgehead atoms. The number of rotatable bonds is 3. The Hall–Kier alpha value is -1.56. The van der Waals surface area contributed by atoms with E-state index in [1.807, 2.05) is 27.7 Å². The Bertz CT molecular complexity index is 704. The van der Waals surface area contributed by atoms with Crippen molar-refractivity contribution in [3.63, 3.8) is 0 Å². The molecule has 23 heavy (non-hydrogen) atoms. The lowest BCUT2D eigenvalue weighted by molar-refractivity contribution is 0.0242.